The highest BCUT2D eigenvalue weighted by atomic mass is 32.2. The first-order valence-corrected chi connectivity index (χ1v) is 18.4. The van der Waals surface area contributed by atoms with Gasteiger partial charge in [-0.05, 0) is 52.8 Å². The Morgan fingerprint density at radius 3 is 1.76 bits per heavy atom. The molecule has 3 aliphatic rings. The summed E-state index contributed by atoms with van der Waals surface area (Å²) in [7, 11) is -1.07. The van der Waals surface area contributed by atoms with E-state index in [-0.39, 0.29) is 5.92 Å². The van der Waals surface area contributed by atoms with Gasteiger partial charge in [0.15, 0.2) is 0 Å². The van der Waals surface area contributed by atoms with E-state index in [0.717, 1.165) is 107 Å². The number of aryl methyl sites for hydroxylation is 1. The average Bonchev–Trinajstić information content (AvgIpc) is 3.42. The van der Waals surface area contributed by atoms with Crippen LogP contribution in [0, 0.1) is 0 Å². The number of morpholine rings is 2. The van der Waals surface area contributed by atoms with Crippen molar-refractivity contribution in [3.63, 3.8) is 0 Å². The van der Waals surface area contributed by atoms with E-state index >= 15 is 0 Å². The maximum atomic E-state index is 12.2. The number of nitrogens with zero attached hydrogens (tertiary/aromatic N) is 5. The van der Waals surface area contributed by atoms with Crippen molar-refractivity contribution in [1.82, 2.24) is 23.7 Å². The Labute approximate surface area is 272 Å². The Balaban J connectivity index is 1.22. The summed E-state index contributed by atoms with van der Waals surface area (Å²) in [6.45, 7) is 10.0. The van der Waals surface area contributed by atoms with Crippen molar-refractivity contribution in [2.45, 2.75) is 31.8 Å². The second-order valence-corrected chi connectivity index (χ2v) is 15.0. The molecule has 0 spiro atoms. The zero-order valence-corrected chi connectivity index (χ0v) is 27.8. The second kappa shape index (κ2) is 13.5. The zero-order chi connectivity index (χ0) is 31.7. The van der Waals surface area contributed by atoms with E-state index < -0.39 is 10.0 Å². The molecule has 0 radical (unpaired) electrons. The number of piperidine rings is 1. The van der Waals surface area contributed by atoms with Gasteiger partial charge in [0, 0.05) is 70.9 Å². The fourth-order valence-electron chi connectivity index (χ4n) is 7.13. The molecule has 244 valence electrons. The number of hydrogen-bond acceptors (Lipinski definition) is 7. The van der Waals surface area contributed by atoms with Crippen molar-refractivity contribution in [2.24, 2.45) is 7.05 Å². The number of sulfonamides is 1. The third-order valence-electron chi connectivity index (χ3n) is 9.88. The minimum atomic E-state index is -3.18. The maximum absolute atomic E-state index is 12.2. The highest BCUT2D eigenvalue weighted by Crippen LogP contribution is 2.37. The van der Waals surface area contributed by atoms with Gasteiger partial charge in [-0.1, -0.05) is 48.5 Å². The molecule has 3 aromatic carbocycles. The summed E-state index contributed by atoms with van der Waals surface area (Å²) in [6, 6.07) is 22.5. The predicted molar refractivity (Wildman–Crippen MR) is 182 cm³/mol. The van der Waals surface area contributed by atoms with E-state index in [9.17, 15) is 8.42 Å². The van der Waals surface area contributed by atoms with E-state index in [4.69, 9.17) is 14.5 Å². The van der Waals surface area contributed by atoms with Crippen LogP contribution < -0.4 is 0 Å². The van der Waals surface area contributed by atoms with Gasteiger partial charge in [-0.25, -0.2) is 17.7 Å². The molecule has 0 amide bonds. The summed E-state index contributed by atoms with van der Waals surface area (Å²) in [5, 5.41) is 0. The van der Waals surface area contributed by atoms with Gasteiger partial charge < -0.3 is 14.0 Å². The number of ether oxygens (including phenoxy) is 2. The highest BCUT2D eigenvalue weighted by Gasteiger charge is 2.29. The zero-order valence-electron chi connectivity index (χ0n) is 27.0. The monoisotopic (exact) mass is 643 g/mol. The van der Waals surface area contributed by atoms with Crippen molar-refractivity contribution in [3.8, 4) is 22.3 Å². The van der Waals surface area contributed by atoms with Crippen LogP contribution in [0.3, 0.4) is 0 Å². The molecule has 1 aromatic heterocycles. The summed E-state index contributed by atoms with van der Waals surface area (Å²) >= 11 is 0. The molecule has 3 aliphatic heterocycles. The van der Waals surface area contributed by atoms with E-state index in [1.54, 1.807) is 4.31 Å². The number of aromatic nitrogens is 2. The lowest BCUT2D eigenvalue weighted by Crippen LogP contribution is -2.37. The standard InChI is InChI=1S/C36H45N5O4S/c1-38-34-24-32(29-7-3-27(4-8-29)25-39-15-19-44-20-16-39)23-33(30-9-5-28(6-10-30)26-40-17-21-45-22-18-40)35(34)37-36(38)31-11-13-41(14-12-31)46(2,42)43/h3-10,23-24,31H,11-22,25-26H2,1-2H3. The minimum absolute atomic E-state index is 0.210. The quantitative estimate of drug-likeness (QED) is 0.275. The van der Waals surface area contributed by atoms with Crippen LogP contribution in [0.25, 0.3) is 33.3 Å². The summed E-state index contributed by atoms with van der Waals surface area (Å²) in [4.78, 5) is 10.2. The molecule has 4 heterocycles. The third kappa shape index (κ3) is 6.93. The van der Waals surface area contributed by atoms with Crippen molar-refractivity contribution in [2.75, 3.05) is 72.0 Å². The first kappa shape index (κ1) is 31.5. The average molecular weight is 644 g/mol. The second-order valence-electron chi connectivity index (χ2n) is 13.0. The fourth-order valence-corrected chi connectivity index (χ4v) is 8.00. The van der Waals surface area contributed by atoms with Crippen LogP contribution in [0.15, 0.2) is 60.7 Å². The largest absolute Gasteiger partial charge is 0.379 e. The molecule has 0 N–H and O–H groups in total. The molecule has 0 aliphatic carbocycles. The third-order valence-corrected chi connectivity index (χ3v) is 11.2. The van der Waals surface area contributed by atoms with Gasteiger partial charge in [0.1, 0.15) is 5.82 Å². The maximum Gasteiger partial charge on any atom is 0.211 e. The predicted octanol–water partition coefficient (Wildman–Crippen LogP) is 4.71. The van der Waals surface area contributed by atoms with Crippen LogP contribution in [0.4, 0.5) is 0 Å². The Bertz CT molecular complexity index is 1750. The van der Waals surface area contributed by atoms with E-state index in [1.807, 2.05) is 0 Å². The Kier molecular flexibility index (Phi) is 9.27. The van der Waals surface area contributed by atoms with Crippen LogP contribution in [-0.2, 0) is 39.6 Å². The lowest BCUT2D eigenvalue weighted by molar-refractivity contribution is 0.0341. The summed E-state index contributed by atoms with van der Waals surface area (Å²) in [6.07, 6.45) is 2.85. The van der Waals surface area contributed by atoms with Crippen LogP contribution >= 0.6 is 0 Å². The number of rotatable bonds is 8. The van der Waals surface area contributed by atoms with Gasteiger partial charge in [-0.3, -0.25) is 9.80 Å². The van der Waals surface area contributed by atoms with Crippen LogP contribution in [0.2, 0.25) is 0 Å². The SMILES string of the molecule is Cn1c(C2CCN(S(C)(=O)=O)CC2)nc2c(-c3ccc(CN4CCOCC4)cc3)cc(-c3ccc(CN4CCOCC4)cc3)cc21. The molecule has 4 aromatic rings. The topological polar surface area (TPSA) is 80.1 Å². The van der Waals surface area contributed by atoms with Crippen molar-refractivity contribution >= 4 is 21.1 Å². The molecule has 0 bridgehead atoms. The summed E-state index contributed by atoms with van der Waals surface area (Å²) in [5.41, 5.74) is 9.33. The molecule has 0 unspecified atom stereocenters. The molecular formula is C36H45N5O4S. The summed E-state index contributed by atoms with van der Waals surface area (Å²) < 4.78 is 39.2. The van der Waals surface area contributed by atoms with Crippen LogP contribution in [0.1, 0.15) is 35.7 Å². The molecule has 9 nitrogen and oxygen atoms in total. The first-order chi connectivity index (χ1) is 22.3. The lowest BCUT2D eigenvalue weighted by Gasteiger charge is -2.29. The Morgan fingerprint density at radius 1 is 0.717 bits per heavy atom. The molecule has 3 saturated heterocycles. The number of hydrogen-bond donors (Lipinski definition) is 0. The Hall–Kier alpha value is -3.12. The molecule has 7 rings (SSSR count). The number of fused-ring (bicyclic) bond motifs is 1. The van der Waals surface area contributed by atoms with Gasteiger partial charge >= 0.3 is 0 Å². The molecule has 10 heteroatoms. The van der Waals surface area contributed by atoms with E-state index in [2.05, 4.69) is 82.1 Å². The van der Waals surface area contributed by atoms with Crippen molar-refractivity contribution in [1.29, 1.82) is 0 Å². The summed E-state index contributed by atoms with van der Waals surface area (Å²) in [5.74, 6) is 1.24. The van der Waals surface area contributed by atoms with E-state index in [0.29, 0.717) is 13.1 Å². The minimum Gasteiger partial charge on any atom is -0.379 e. The van der Waals surface area contributed by atoms with E-state index in [1.165, 1.54) is 28.5 Å². The molecule has 46 heavy (non-hydrogen) atoms. The van der Waals surface area contributed by atoms with Crippen molar-refractivity contribution < 1.29 is 17.9 Å². The fraction of sp³-hybridized carbons (Fsp3) is 0.472. The van der Waals surface area contributed by atoms with Crippen LogP contribution in [-0.4, -0.2) is 104 Å². The number of benzene rings is 3. The normalized spacial score (nSPS) is 19.6. The molecular weight excluding hydrogens is 598 g/mol. The molecule has 0 saturated carbocycles. The highest BCUT2D eigenvalue weighted by molar-refractivity contribution is 7.88. The Morgan fingerprint density at radius 2 is 1.24 bits per heavy atom. The van der Waals surface area contributed by atoms with Gasteiger partial charge in [-0.2, -0.15) is 0 Å². The smallest absolute Gasteiger partial charge is 0.211 e. The number of imidazole rings is 1. The first-order valence-electron chi connectivity index (χ1n) is 16.6. The van der Waals surface area contributed by atoms with Crippen molar-refractivity contribution in [3.05, 3.63) is 77.6 Å². The van der Waals surface area contributed by atoms with Gasteiger partial charge in [0.25, 0.3) is 0 Å². The molecule has 3 fully saturated rings. The lowest BCUT2D eigenvalue weighted by atomic mass is 9.96. The van der Waals surface area contributed by atoms with Crippen LogP contribution in [0.5, 0.6) is 0 Å². The van der Waals surface area contributed by atoms with Gasteiger partial charge in [0.05, 0.1) is 43.7 Å². The van der Waals surface area contributed by atoms with Gasteiger partial charge in [0.2, 0.25) is 10.0 Å². The molecule has 0 atom stereocenters. The van der Waals surface area contributed by atoms with Gasteiger partial charge in [-0.15, -0.1) is 0 Å².